The number of nitrogens with zero attached hydrogens (tertiary/aromatic N) is 3. The van der Waals surface area contributed by atoms with Crippen LogP contribution in [0.1, 0.15) is 16.1 Å². The number of nitrogens with two attached hydrogens (primary N) is 1. The van der Waals surface area contributed by atoms with Crippen LogP contribution in [-0.2, 0) is 6.18 Å². The number of hydrogen-bond acceptors (Lipinski definition) is 3. The number of anilines is 1. The fourth-order valence-electron chi connectivity index (χ4n) is 1.74. The van der Waals surface area contributed by atoms with Crippen LogP contribution < -0.4 is 5.73 Å². The van der Waals surface area contributed by atoms with Crippen molar-refractivity contribution >= 4 is 11.6 Å². The van der Waals surface area contributed by atoms with E-state index in [2.05, 4.69) is 5.10 Å². The van der Waals surface area contributed by atoms with Crippen LogP contribution in [0.4, 0.5) is 18.9 Å². The third-order valence-electron chi connectivity index (χ3n) is 2.81. The van der Waals surface area contributed by atoms with Crippen molar-refractivity contribution in [3.05, 3.63) is 41.7 Å². The predicted molar refractivity (Wildman–Crippen MR) is 71.0 cm³/mol. The van der Waals surface area contributed by atoms with E-state index in [0.29, 0.717) is 5.56 Å². The monoisotopic (exact) mass is 298 g/mol. The van der Waals surface area contributed by atoms with Gasteiger partial charge in [-0.25, -0.2) is 4.68 Å². The van der Waals surface area contributed by atoms with Crippen LogP contribution in [0.5, 0.6) is 0 Å². The molecule has 1 aromatic heterocycles. The van der Waals surface area contributed by atoms with Gasteiger partial charge in [0.25, 0.3) is 5.91 Å². The first-order valence-electron chi connectivity index (χ1n) is 5.94. The Kier molecular flexibility index (Phi) is 3.63. The zero-order valence-electron chi connectivity index (χ0n) is 11.3. The highest BCUT2D eigenvalue weighted by Gasteiger charge is 2.33. The van der Waals surface area contributed by atoms with E-state index in [4.69, 9.17) is 5.73 Å². The van der Waals surface area contributed by atoms with Gasteiger partial charge >= 0.3 is 6.18 Å². The molecule has 0 spiro atoms. The number of benzene rings is 1. The van der Waals surface area contributed by atoms with Gasteiger partial charge in [0.1, 0.15) is 0 Å². The summed E-state index contributed by atoms with van der Waals surface area (Å²) in [5, 5.41) is 3.44. The molecule has 5 nitrogen and oxygen atoms in total. The Morgan fingerprint density at radius 3 is 2.48 bits per heavy atom. The molecule has 2 N–H and O–H groups in total. The molecule has 0 fully saturated rings. The lowest BCUT2D eigenvalue weighted by Crippen LogP contribution is -2.22. The fraction of sp³-hybridized carbons (Fsp3) is 0.231. The molecule has 1 heterocycles. The smallest absolute Gasteiger partial charge is 0.397 e. The Hall–Kier alpha value is -2.51. The summed E-state index contributed by atoms with van der Waals surface area (Å²) < 4.78 is 38.7. The van der Waals surface area contributed by atoms with Gasteiger partial charge in [-0.3, -0.25) is 4.79 Å². The molecule has 0 aliphatic heterocycles. The maximum atomic E-state index is 12.6. The number of nitrogen functional groups attached to an aromatic ring is 1. The molecule has 0 atom stereocenters. The standard InChI is InChI=1S/C13H13F3N4O/c1-19(2)12(21)8-3-4-9(17)10(7-8)20-6-5-11(18-20)13(14,15)16/h3-7H,17H2,1-2H3. The molecule has 2 rings (SSSR count). The normalized spacial score (nSPS) is 11.5. The average Bonchev–Trinajstić information content (AvgIpc) is 2.87. The van der Waals surface area contributed by atoms with Gasteiger partial charge in [0.15, 0.2) is 5.69 Å². The van der Waals surface area contributed by atoms with E-state index in [0.717, 1.165) is 16.9 Å². The second-order valence-corrected chi connectivity index (χ2v) is 4.62. The Morgan fingerprint density at radius 2 is 1.95 bits per heavy atom. The molecule has 1 amide bonds. The van der Waals surface area contributed by atoms with Crippen LogP contribution in [0.2, 0.25) is 0 Å². The number of amides is 1. The van der Waals surface area contributed by atoms with Crippen LogP contribution in [0, 0.1) is 0 Å². The van der Waals surface area contributed by atoms with Crippen LogP contribution in [0.25, 0.3) is 5.69 Å². The van der Waals surface area contributed by atoms with E-state index in [9.17, 15) is 18.0 Å². The Morgan fingerprint density at radius 1 is 1.29 bits per heavy atom. The Balaban J connectivity index is 2.46. The van der Waals surface area contributed by atoms with Crippen LogP contribution >= 0.6 is 0 Å². The lowest BCUT2D eigenvalue weighted by atomic mass is 10.1. The topological polar surface area (TPSA) is 64.2 Å². The number of carbonyl (C=O) groups excluding carboxylic acids is 1. The van der Waals surface area contributed by atoms with E-state index in [1.54, 1.807) is 14.1 Å². The van der Waals surface area contributed by atoms with Crippen molar-refractivity contribution in [2.45, 2.75) is 6.18 Å². The largest absolute Gasteiger partial charge is 0.435 e. The van der Waals surface area contributed by atoms with Gasteiger partial charge in [-0.1, -0.05) is 0 Å². The van der Waals surface area contributed by atoms with Crippen LogP contribution in [0.3, 0.4) is 0 Å². The highest BCUT2D eigenvalue weighted by Crippen LogP contribution is 2.28. The zero-order valence-corrected chi connectivity index (χ0v) is 11.3. The SMILES string of the molecule is CN(C)C(=O)c1ccc(N)c(-n2ccc(C(F)(F)F)n2)c1. The lowest BCUT2D eigenvalue weighted by molar-refractivity contribution is -0.141. The molecule has 8 heteroatoms. The third-order valence-corrected chi connectivity index (χ3v) is 2.81. The van der Waals surface area contributed by atoms with Gasteiger partial charge in [0.05, 0.1) is 11.4 Å². The second kappa shape index (κ2) is 5.12. The number of rotatable bonds is 2. The summed E-state index contributed by atoms with van der Waals surface area (Å²) in [6.07, 6.45) is -3.38. The zero-order chi connectivity index (χ0) is 15.8. The quantitative estimate of drug-likeness (QED) is 0.864. The first-order valence-corrected chi connectivity index (χ1v) is 5.94. The minimum Gasteiger partial charge on any atom is -0.397 e. The van der Waals surface area contributed by atoms with Gasteiger partial charge in [0.2, 0.25) is 0 Å². The summed E-state index contributed by atoms with van der Waals surface area (Å²) in [6.45, 7) is 0. The molecule has 2 aromatic rings. The molecular formula is C13H13F3N4O. The minimum absolute atomic E-state index is 0.221. The summed E-state index contributed by atoms with van der Waals surface area (Å²) in [5.41, 5.74) is 5.48. The second-order valence-electron chi connectivity index (χ2n) is 4.62. The maximum Gasteiger partial charge on any atom is 0.435 e. The molecule has 0 radical (unpaired) electrons. The Labute approximate surface area is 118 Å². The van der Waals surface area contributed by atoms with Crippen molar-refractivity contribution in [2.24, 2.45) is 0 Å². The number of alkyl halides is 3. The molecule has 0 saturated heterocycles. The number of hydrogen-bond donors (Lipinski definition) is 1. The molecule has 0 unspecified atom stereocenters. The lowest BCUT2D eigenvalue weighted by Gasteiger charge is -2.12. The predicted octanol–water partition coefficient (Wildman–Crippen LogP) is 2.18. The van der Waals surface area contributed by atoms with E-state index >= 15 is 0 Å². The molecule has 0 saturated carbocycles. The van der Waals surface area contributed by atoms with Crippen molar-refractivity contribution in [1.82, 2.24) is 14.7 Å². The summed E-state index contributed by atoms with van der Waals surface area (Å²) >= 11 is 0. The molecule has 21 heavy (non-hydrogen) atoms. The summed E-state index contributed by atoms with van der Waals surface area (Å²) in [7, 11) is 3.15. The first kappa shape index (κ1) is 14.9. The van der Waals surface area contributed by atoms with Gasteiger partial charge in [-0.2, -0.15) is 18.3 Å². The van der Waals surface area contributed by atoms with Gasteiger partial charge < -0.3 is 10.6 Å². The van der Waals surface area contributed by atoms with Crippen molar-refractivity contribution in [3.63, 3.8) is 0 Å². The van der Waals surface area contributed by atoms with Crippen molar-refractivity contribution in [3.8, 4) is 5.69 Å². The number of aromatic nitrogens is 2. The summed E-state index contributed by atoms with van der Waals surface area (Å²) in [6, 6.07) is 5.22. The molecule has 0 bridgehead atoms. The minimum atomic E-state index is -4.53. The average molecular weight is 298 g/mol. The molecule has 1 aromatic carbocycles. The van der Waals surface area contributed by atoms with Crippen LogP contribution in [0.15, 0.2) is 30.5 Å². The van der Waals surface area contributed by atoms with E-state index < -0.39 is 11.9 Å². The molecule has 112 valence electrons. The van der Waals surface area contributed by atoms with Gasteiger partial charge in [0, 0.05) is 25.9 Å². The van der Waals surface area contributed by atoms with Gasteiger partial charge in [-0.05, 0) is 24.3 Å². The number of carbonyl (C=O) groups is 1. The van der Waals surface area contributed by atoms with Crippen molar-refractivity contribution in [2.75, 3.05) is 19.8 Å². The van der Waals surface area contributed by atoms with E-state index in [1.165, 1.54) is 23.1 Å². The van der Waals surface area contributed by atoms with Gasteiger partial charge in [-0.15, -0.1) is 0 Å². The van der Waals surface area contributed by atoms with Crippen LogP contribution in [-0.4, -0.2) is 34.7 Å². The summed E-state index contributed by atoms with van der Waals surface area (Å²) in [5.74, 6) is -0.278. The third kappa shape index (κ3) is 2.99. The van der Waals surface area contributed by atoms with E-state index in [1.807, 2.05) is 0 Å². The molecule has 0 aliphatic rings. The van der Waals surface area contributed by atoms with Crippen molar-refractivity contribution in [1.29, 1.82) is 0 Å². The number of halogens is 3. The Bertz CT molecular complexity index is 676. The highest BCUT2D eigenvalue weighted by molar-refractivity contribution is 5.95. The van der Waals surface area contributed by atoms with Crippen molar-refractivity contribution < 1.29 is 18.0 Å². The molecule has 0 aliphatic carbocycles. The molecular weight excluding hydrogens is 285 g/mol. The summed E-state index contributed by atoms with van der Waals surface area (Å²) in [4.78, 5) is 13.2. The maximum absolute atomic E-state index is 12.6. The fourth-order valence-corrected chi connectivity index (χ4v) is 1.74. The van der Waals surface area contributed by atoms with E-state index in [-0.39, 0.29) is 17.3 Å². The highest BCUT2D eigenvalue weighted by atomic mass is 19.4. The first-order chi connectivity index (χ1) is 9.70.